The van der Waals surface area contributed by atoms with Crippen molar-refractivity contribution in [1.29, 1.82) is 0 Å². The third kappa shape index (κ3) is 3.07. The fourth-order valence-electron chi connectivity index (χ4n) is 2.45. The Morgan fingerprint density at radius 1 is 1.65 bits per heavy atom. The van der Waals surface area contributed by atoms with Crippen molar-refractivity contribution < 1.29 is 9.84 Å². The largest absolute Gasteiger partial charge is 0.392 e. The molecule has 2 heterocycles. The van der Waals surface area contributed by atoms with E-state index in [9.17, 15) is 5.11 Å². The minimum absolute atomic E-state index is 0.261. The Balaban J connectivity index is 1.93. The number of hydrogen-bond acceptors (Lipinski definition) is 3. The SMILES string of the molecule is CCCn1ccnc1CC(O)C1COC(C)C1. The second-order valence-electron chi connectivity index (χ2n) is 4.95. The van der Waals surface area contributed by atoms with Gasteiger partial charge in [0.2, 0.25) is 0 Å². The van der Waals surface area contributed by atoms with Gasteiger partial charge >= 0.3 is 0 Å². The number of aliphatic hydroxyl groups excluding tert-OH is 1. The van der Waals surface area contributed by atoms with Gasteiger partial charge in [-0.1, -0.05) is 6.92 Å². The molecule has 0 saturated carbocycles. The van der Waals surface area contributed by atoms with E-state index in [0.717, 1.165) is 25.2 Å². The molecule has 1 aromatic rings. The summed E-state index contributed by atoms with van der Waals surface area (Å²) in [5, 5.41) is 10.2. The molecule has 4 nitrogen and oxygen atoms in total. The molecule has 3 atom stereocenters. The van der Waals surface area contributed by atoms with E-state index in [-0.39, 0.29) is 18.1 Å². The van der Waals surface area contributed by atoms with Crippen molar-refractivity contribution in [1.82, 2.24) is 9.55 Å². The first-order valence-electron chi connectivity index (χ1n) is 6.50. The molecule has 0 spiro atoms. The molecule has 17 heavy (non-hydrogen) atoms. The fourth-order valence-corrected chi connectivity index (χ4v) is 2.45. The van der Waals surface area contributed by atoms with Crippen LogP contribution in [-0.4, -0.2) is 33.5 Å². The maximum Gasteiger partial charge on any atom is 0.111 e. The van der Waals surface area contributed by atoms with Crippen molar-refractivity contribution in [3.8, 4) is 0 Å². The molecule has 0 aliphatic carbocycles. The molecule has 4 heteroatoms. The molecule has 1 N–H and O–H groups in total. The summed E-state index contributed by atoms with van der Waals surface area (Å²) in [5.41, 5.74) is 0. The van der Waals surface area contributed by atoms with Gasteiger partial charge < -0.3 is 14.4 Å². The fraction of sp³-hybridized carbons (Fsp3) is 0.769. The molecule has 1 aliphatic rings. The Hall–Kier alpha value is -0.870. The van der Waals surface area contributed by atoms with E-state index in [1.54, 1.807) is 0 Å². The van der Waals surface area contributed by atoms with Crippen LogP contribution in [0.5, 0.6) is 0 Å². The second kappa shape index (κ2) is 5.65. The van der Waals surface area contributed by atoms with Gasteiger partial charge in [-0.25, -0.2) is 4.98 Å². The third-order valence-electron chi connectivity index (χ3n) is 3.43. The van der Waals surface area contributed by atoms with E-state index in [1.165, 1.54) is 0 Å². The monoisotopic (exact) mass is 238 g/mol. The first-order chi connectivity index (χ1) is 8.20. The lowest BCUT2D eigenvalue weighted by atomic mass is 9.97. The quantitative estimate of drug-likeness (QED) is 0.848. The van der Waals surface area contributed by atoms with Gasteiger partial charge in [-0.3, -0.25) is 0 Å². The van der Waals surface area contributed by atoms with Gasteiger partial charge in [0, 0.05) is 31.3 Å². The summed E-state index contributed by atoms with van der Waals surface area (Å²) >= 11 is 0. The Morgan fingerprint density at radius 2 is 2.47 bits per heavy atom. The minimum atomic E-state index is -0.335. The smallest absolute Gasteiger partial charge is 0.111 e. The van der Waals surface area contributed by atoms with Crippen molar-refractivity contribution in [2.45, 2.75) is 51.9 Å². The van der Waals surface area contributed by atoms with Gasteiger partial charge in [0.05, 0.1) is 18.8 Å². The van der Waals surface area contributed by atoms with Crippen LogP contribution in [0.1, 0.15) is 32.5 Å². The zero-order valence-corrected chi connectivity index (χ0v) is 10.7. The van der Waals surface area contributed by atoms with E-state index in [4.69, 9.17) is 4.74 Å². The summed E-state index contributed by atoms with van der Waals surface area (Å²) in [6.45, 7) is 5.86. The molecule has 0 amide bonds. The lowest BCUT2D eigenvalue weighted by Crippen LogP contribution is -2.25. The zero-order valence-electron chi connectivity index (χ0n) is 10.7. The standard InChI is InChI=1S/C13H22N2O2/c1-3-5-15-6-4-14-13(15)8-12(16)11-7-10(2)17-9-11/h4,6,10-12,16H,3,5,7-9H2,1-2H3. The average molecular weight is 238 g/mol. The van der Waals surface area contributed by atoms with E-state index >= 15 is 0 Å². The highest BCUT2D eigenvalue weighted by atomic mass is 16.5. The third-order valence-corrected chi connectivity index (χ3v) is 3.43. The number of nitrogens with zero attached hydrogens (tertiary/aromatic N) is 2. The molecule has 0 aromatic carbocycles. The highest BCUT2D eigenvalue weighted by molar-refractivity contribution is 4.96. The normalized spacial score (nSPS) is 26.3. The van der Waals surface area contributed by atoms with Crippen LogP contribution in [-0.2, 0) is 17.7 Å². The van der Waals surface area contributed by atoms with Gasteiger partial charge in [-0.05, 0) is 19.8 Å². The summed E-state index contributed by atoms with van der Waals surface area (Å²) in [4.78, 5) is 4.33. The van der Waals surface area contributed by atoms with Crippen LogP contribution in [0.3, 0.4) is 0 Å². The molecule has 3 unspecified atom stereocenters. The lowest BCUT2D eigenvalue weighted by molar-refractivity contribution is 0.0791. The number of aromatic nitrogens is 2. The summed E-state index contributed by atoms with van der Waals surface area (Å²) in [5.74, 6) is 1.25. The van der Waals surface area contributed by atoms with Crippen molar-refractivity contribution in [2.75, 3.05) is 6.61 Å². The van der Waals surface area contributed by atoms with Crippen molar-refractivity contribution in [3.05, 3.63) is 18.2 Å². The number of aliphatic hydroxyl groups is 1. The Morgan fingerprint density at radius 3 is 3.12 bits per heavy atom. The maximum atomic E-state index is 10.2. The molecule has 1 saturated heterocycles. The summed E-state index contributed by atoms with van der Waals surface area (Å²) in [6.07, 6.45) is 6.42. The molecular weight excluding hydrogens is 216 g/mol. The van der Waals surface area contributed by atoms with E-state index in [1.807, 2.05) is 12.4 Å². The molecule has 1 aromatic heterocycles. The molecular formula is C13H22N2O2. The predicted octanol–water partition coefficient (Wildman–Crippen LogP) is 1.62. The van der Waals surface area contributed by atoms with Crippen molar-refractivity contribution >= 4 is 0 Å². The van der Waals surface area contributed by atoms with Crippen molar-refractivity contribution in [2.24, 2.45) is 5.92 Å². The first kappa shape index (κ1) is 12.6. The molecule has 1 aliphatic heterocycles. The molecule has 96 valence electrons. The van der Waals surface area contributed by atoms with Crippen LogP contribution in [0.4, 0.5) is 0 Å². The highest BCUT2D eigenvalue weighted by Gasteiger charge is 2.29. The zero-order chi connectivity index (χ0) is 12.3. The van der Waals surface area contributed by atoms with Crippen LogP contribution in [0.2, 0.25) is 0 Å². The summed E-state index contributed by atoms with van der Waals surface area (Å²) in [7, 11) is 0. The van der Waals surface area contributed by atoms with E-state index in [2.05, 4.69) is 23.4 Å². The van der Waals surface area contributed by atoms with Gasteiger partial charge in [0.25, 0.3) is 0 Å². The number of hydrogen-bond donors (Lipinski definition) is 1. The van der Waals surface area contributed by atoms with Gasteiger partial charge in [0.1, 0.15) is 5.82 Å². The summed E-state index contributed by atoms with van der Waals surface area (Å²) in [6, 6.07) is 0. The molecule has 2 rings (SSSR count). The van der Waals surface area contributed by atoms with E-state index < -0.39 is 0 Å². The van der Waals surface area contributed by atoms with Gasteiger partial charge in [0.15, 0.2) is 0 Å². The van der Waals surface area contributed by atoms with Gasteiger partial charge in [-0.2, -0.15) is 0 Å². The predicted molar refractivity (Wildman–Crippen MR) is 65.7 cm³/mol. The molecule has 1 fully saturated rings. The van der Waals surface area contributed by atoms with Crippen LogP contribution >= 0.6 is 0 Å². The van der Waals surface area contributed by atoms with Crippen LogP contribution in [0.25, 0.3) is 0 Å². The van der Waals surface area contributed by atoms with E-state index in [0.29, 0.717) is 13.0 Å². The Kier molecular flexibility index (Phi) is 4.18. The minimum Gasteiger partial charge on any atom is -0.392 e. The highest BCUT2D eigenvalue weighted by Crippen LogP contribution is 2.24. The van der Waals surface area contributed by atoms with Crippen molar-refractivity contribution in [3.63, 3.8) is 0 Å². The Labute approximate surface area is 103 Å². The van der Waals surface area contributed by atoms with Crippen LogP contribution < -0.4 is 0 Å². The number of ether oxygens (including phenoxy) is 1. The first-order valence-corrected chi connectivity index (χ1v) is 6.50. The van der Waals surface area contributed by atoms with Crippen LogP contribution in [0, 0.1) is 5.92 Å². The second-order valence-corrected chi connectivity index (χ2v) is 4.95. The number of imidazole rings is 1. The number of rotatable bonds is 5. The Bertz CT molecular complexity index is 351. The lowest BCUT2D eigenvalue weighted by Gasteiger charge is -2.16. The van der Waals surface area contributed by atoms with Crippen LogP contribution in [0.15, 0.2) is 12.4 Å². The number of aryl methyl sites for hydroxylation is 1. The van der Waals surface area contributed by atoms with Gasteiger partial charge in [-0.15, -0.1) is 0 Å². The average Bonchev–Trinajstić information content (AvgIpc) is 2.89. The summed E-state index contributed by atoms with van der Waals surface area (Å²) < 4.78 is 7.62. The maximum absolute atomic E-state index is 10.2. The molecule has 0 radical (unpaired) electrons. The molecule has 0 bridgehead atoms. The topological polar surface area (TPSA) is 47.3 Å².